The van der Waals surface area contributed by atoms with Gasteiger partial charge in [0.15, 0.2) is 0 Å². The van der Waals surface area contributed by atoms with Gasteiger partial charge in [0.1, 0.15) is 11.4 Å². The molecule has 4 rings (SSSR count). The summed E-state index contributed by atoms with van der Waals surface area (Å²) in [5.74, 6) is 0.245. The number of hydrogen-bond donors (Lipinski definition) is 3. The molecule has 1 aliphatic heterocycles. The molecule has 0 radical (unpaired) electrons. The molecule has 1 aliphatic rings. The number of aromatic hydroxyl groups is 1. The minimum atomic E-state index is -0.485. The van der Waals surface area contributed by atoms with Gasteiger partial charge >= 0.3 is 7.05 Å². The highest BCUT2D eigenvalue weighted by molar-refractivity contribution is 6.45. The van der Waals surface area contributed by atoms with Crippen LogP contribution >= 0.6 is 0 Å². The summed E-state index contributed by atoms with van der Waals surface area (Å²) < 4.78 is 0. The van der Waals surface area contributed by atoms with E-state index in [0.29, 0.717) is 0 Å². The maximum Gasteiger partial charge on any atom is 0.409 e. The smallest absolute Gasteiger partial charge is 0.409 e. The number of benzene rings is 1. The number of phenols is 1. The van der Waals surface area contributed by atoms with Crippen LogP contribution < -0.4 is 0 Å². The number of nitrogens with zero attached hydrogens (tertiary/aromatic N) is 2. The standard InChI is InChI=1S/C19H20BN3O2/c1-20(25)23-7-3-5-14(12-23)18-11-22-19-17(18)9-15(10-21-19)13-4-2-6-16(24)8-13/h2,4,6,8-12,24-25H,3,5,7H2,1H3,(H,21,22). The first kappa shape index (κ1) is 15.8. The molecule has 1 aromatic carbocycles. The maximum atomic E-state index is 9.86. The molecule has 3 N–H and O–H groups in total. The second-order valence-electron chi connectivity index (χ2n) is 6.50. The van der Waals surface area contributed by atoms with Gasteiger partial charge in [-0.1, -0.05) is 12.1 Å². The van der Waals surface area contributed by atoms with Crippen molar-refractivity contribution in [3.8, 4) is 16.9 Å². The first-order valence-corrected chi connectivity index (χ1v) is 8.53. The fourth-order valence-electron chi connectivity index (χ4n) is 3.39. The Balaban J connectivity index is 1.79. The predicted molar refractivity (Wildman–Crippen MR) is 101 cm³/mol. The van der Waals surface area contributed by atoms with E-state index in [1.165, 1.54) is 5.57 Å². The van der Waals surface area contributed by atoms with Crippen LogP contribution in [-0.4, -0.2) is 38.5 Å². The summed E-state index contributed by atoms with van der Waals surface area (Å²) in [5, 5.41) is 20.6. The van der Waals surface area contributed by atoms with Crippen molar-refractivity contribution >= 4 is 23.7 Å². The number of H-pyrrole nitrogens is 1. The third-order valence-corrected chi connectivity index (χ3v) is 4.72. The van der Waals surface area contributed by atoms with Crippen molar-refractivity contribution in [2.24, 2.45) is 0 Å². The fraction of sp³-hybridized carbons (Fsp3) is 0.211. The number of fused-ring (bicyclic) bond motifs is 1. The van der Waals surface area contributed by atoms with E-state index in [2.05, 4.69) is 22.2 Å². The van der Waals surface area contributed by atoms with Gasteiger partial charge in [0, 0.05) is 35.5 Å². The molecule has 0 bridgehead atoms. The molecule has 3 aromatic rings. The number of rotatable bonds is 3. The molecule has 0 saturated heterocycles. The number of allylic oxidation sites excluding steroid dienone is 1. The van der Waals surface area contributed by atoms with Crippen LogP contribution in [-0.2, 0) is 0 Å². The zero-order valence-corrected chi connectivity index (χ0v) is 14.1. The summed E-state index contributed by atoms with van der Waals surface area (Å²) in [6.07, 6.45) is 7.85. The molecule has 126 valence electrons. The Morgan fingerprint density at radius 2 is 2.12 bits per heavy atom. The number of aromatic amines is 1. The SMILES string of the molecule is CB(O)N1C=C(c2c[nH]c3ncc(-c4cccc(O)c4)cc23)CCC1. The van der Waals surface area contributed by atoms with E-state index in [1.54, 1.807) is 19.0 Å². The van der Waals surface area contributed by atoms with Gasteiger partial charge < -0.3 is 19.9 Å². The van der Waals surface area contributed by atoms with Crippen LogP contribution in [0, 0.1) is 0 Å². The van der Waals surface area contributed by atoms with E-state index in [4.69, 9.17) is 0 Å². The third kappa shape index (κ3) is 3.01. The topological polar surface area (TPSA) is 72.4 Å². The second-order valence-corrected chi connectivity index (χ2v) is 6.50. The highest BCUT2D eigenvalue weighted by Crippen LogP contribution is 2.33. The summed E-state index contributed by atoms with van der Waals surface area (Å²) in [5.41, 5.74) is 5.06. The van der Waals surface area contributed by atoms with E-state index in [1.807, 2.05) is 29.3 Å². The minimum Gasteiger partial charge on any atom is -0.508 e. The van der Waals surface area contributed by atoms with Crippen molar-refractivity contribution in [1.29, 1.82) is 0 Å². The Kier molecular flexibility index (Phi) is 3.97. The highest BCUT2D eigenvalue weighted by Gasteiger charge is 2.20. The van der Waals surface area contributed by atoms with Crippen LogP contribution in [0.5, 0.6) is 5.75 Å². The van der Waals surface area contributed by atoms with Gasteiger partial charge in [-0.15, -0.1) is 0 Å². The summed E-state index contributed by atoms with van der Waals surface area (Å²) in [7, 11) is -0.485. The van der Waals surface area contributed by atoms with Gasteiger partial charge in [0.25, 0.3) is 0 Å². The summed E-state index contributed by atoms with van der Waals surface area (Å²) in [6.45, 7) is 2.66. The monoisotopic (exact) mass is 333 g/mol. The maximum absolute atomic E-state index is 9.86. The molecule has 0 fully saturated rings. The average Bonchev–Trinajstić information content (AvgIpc) is 3.05. The number of nitrogens with one attached hydrogen (secondary N) is 1. The first-order valence-electron chi connectivity index (χ1n) is 8.53. The zero-order valence-electron chi connectivity index (χ0n) is 14.1. The van der Waals surface area contributed by atoms with Crippen molar-refractivity contribution < 1.29 is 10.1 Å². The average molecular weight is 333 g/mol. The molecular weight excluding hydrogens is 313 g/mol. The summed E-state index contributed by atoms with van der Waals surface area (Å²) in [4.78, 5) is 9.73. The van der Waals surface area contributed by atoms with Gasteiger partial charge in [-0.05, 0) is 55.2 Å². The number of aromatic nitrogens is 2. The largest absolute Gasteiger partial charge is 0.508 e. The lowest BCUT2D eigenvalue weighted by Crippen LogP contribution is -2.35. The van der Waals surface area contributed by atoms with E-state index in [-0.39, 0.29) is 5.75 Å². The molecule has 25 heavy (non-hydrogen) atoms. The predicted octanol–water partition coefficient (Wildman–Crippen LogP) is 3.48. The molecule has 3 heterocycles. The van der Waals surface area contributed by atoms with Crippen molar-refractivity contribution in [2.45, 2.75) is 19.7 Å². The van der Waals surface area contributed by atoms with Gasteiger partial charge in [0.05, 0.1) is 0 Å². The Morgan fingerprint density at radius 1 is 1.24 bits per heavy atom. The fourth-order valence-corrected chi connectivity index (χ4v) is 3.39. The van der Waals surface area contributed by atoms with Crippen LogP contribution in [0.3, 0.4) is 0 Å². The lowest BCUT2D eigenvalue weighted by atomic mass is 9.83. The molecule has 5 nitrogen and oxygen atoms in total. The van der Waals surface area contributed by atoms with Crippen molar-refractivity contribution in [3.63, 3.8) is 0 Å². The van der Waals surface area contributed by atoms with E-state index in [9.17, 15) is 10.1 Å². The van der Waals surface area contributed by atoms with Crippen LogP contribution in [0.1, 0.15) is 18.4 Å². The van der Waals surface area contributed by atoms with Gasteiger partial charge in [-0.3, -0.25) is 0 Å². The van der Waals surface area contributed by atoms with Crippen LogP contribution in [0.2, 0.25) is 6.82 Å². The number of pyridine rings is 1. The minimum absolute atomic E-state index is 0.245. The quantitative estimate of drug-likeness (QED) is 0.642. The molecule has 2 aromatic heterocycles. The summed E-state index contributed by atoms with van der Waals surface area (Å²) in [6, 6.07) is 9.30. The van der Waals surface area contributed by atoms with Crippen LogP contribution in [0.15, 0.2) is 48.9 Å². The molecule has 0 saturated carbocycles. The molecule has 0 amide bonds. The zero-order chi connectivity index (χ0) is 17.4. The van der Waals surface area contributed by atoms with Gasteiger partial charge in [0.2, 0.25) is 0 Å². The van der Waals surface area contributed by atoms with Crippen molar-refractivity contribution in [3.05, 3.63) is 54.5 Å². The molecule has 0 spiro atoms. The Bertz CT molecular complexity index is 949. The lowest BCUT2D eigenvalue weighted by molar-refractivity contribution is 0.432. The number of hydrogen-bond acceptors (Lipinski definition) is 4. The molecule has 0 aliphatic carbocycles. The van der Waals surface area contributed by atoms with Gasteiger partial charge in [-0.2, -0.15) is 0 Å². The Hall–Kier alpha value is -2.73. The second kappa shape index (κ2) is 6.29. The highest BCUT2D eigenvalue weighted by atomic mass is 16.3. The van der Waals surface area contributed by atoms with Crippen LogP contribution in [0.25, 0.3) is 27.7 Å². The van der Waals surface area contributed by atoms with E-state index in [0.717, 1.165) is 47.1 Å². The van der Waals surface area contributed by atoms with Gasteiger partial charge in [-0.25, -0.2) is 4.98 Å². The third-order valence-electron chi connectivity index (χ3n) is 4.72. The lowest BCUT2D eigenvalue weighted by Gasteiger charge is -2.27. The molecule has 0 unspecified atom stereocenters. The van der Waals surface area contributed by atoms with Crippen LogP contribution in [0.4, 0.5) is 0 Å². The summed E-state index contributed by atoms with van der Waals surface area (Å²) >= 11 is 0. The molecule has 6 heteroatoms. The molecular formula is C19H20BN3O2. The van der Waals surface area contributed by atoms with Crippen molar-refractivity contribution in [2.75, 3.05) is 6.54 Å². The Morgan fingerprint density at radius 3 is 2.92 bits per heavy atom. The van der Waals surface area contributed by atoms with E-state index >= 15 is 0 Å². The Labute approximate surface area is 146 Å². The first-order chi connectivity index (χ1) is 12.1. The van der Waals surface area contributed by atoms with E-state index < -0.39 is 7.05 Å². The number of phenolic OH excluding ortho intramolecular Hbond substituents is 1. The van der Waals surface area contributed by atoms with Crippen molar-refractivity contribution in [1.82, 2.24) is 14.8 Å². The molecule has 0 atom stereocenters. The normalized spacial score (nSPS) is 14.6.